The van der Waals surface area contributed by atoms with Crippen LogP contribution in [0.2, 0.25) is 0 Å². The number of carbonyl (C=O) groups is 1. The first-order chi connectivity index (χ1) is 12.1. The highest BCUT2D eigenvalue weighted by Crippen LogP contribution is 2.32. The van der Waals surface area contributed by atoms with E-state index in [1.807, 2.05) is 12.1 Å². The van der Waals surface area contributed by atoms with Crippen LogP contribution in [0.3, 0.4) is 0 Å². The Morgan fingerprint density at radius 1 is 1.36 bits per heavy atom. The molecule has 1 fully saturated rings. The number of hydrogen-bond donors (Lipinski definition) is 0. The second-order valence-electron chi connectivity index (χ2n) is 6.14. The van der Waals surface area contributed by atoms with E-state index in [-0.39, 0.29) is 11.9 Å². The molecule has 1 saturated heterocycles. The van der Waals surface area contributed by atoms with E-state index in [1.165, 1.54) is 7.11 Å². The van der Waals surface area contributed by atoms with Crippen molar-refractivity contribution in [2.75, 3.05) is 20.2 Å². The monoisotopic (exact) mass is 340 g/mol. The van der Waals surface area contributed by atoms with Crippen LogP contribution in [0.15, 0.2) is 28.8 Å². The lowest BCUT2D eigenvalue weighted by molar-refractivity contribution is -0.147. The predicted molar refractivity (Wildman–Crippen MR) is 88.5 cm³/mol. The van der Waals surface area contributed by atoms with Crippen LogP contribution in [0.1, 0.15) is 47.6 Å². The molecule has 2 heterocycles. The van der Waals surface area contributed by atoms with E-state index < -0.39 is 6.04 Å². The van der Waals surface area contributed by atoms with Gasteiger partial charge in [-0.05, 0) is 43.6 Å². The number of methoxy groups -OCH3 is 1. The highest BCUT2D eigenvalue weighted by atomic mass is 16.5. The maximum Gasteiger partial charge on any atom is 0.327 e. The SMILES string of the molecule is COC(=O)[C@@H](c1ccc(C#N)cc1)N1CCC(c2noc(C)n2)CC1. The Kier molecular flexibility index (Phi) is 5.10. The van der Waals surface area contributed by atoms with E-state index in [0.29, 0.717) is 11.5 Å². The second kappa shape index (κ2) is 7.45. The summed E-state index contributed by atoms with van der Waals surface area (Å²) in [5, 5.41) is 12.9. The van der Waals surface area contributed by atoms with Crippen molar-refractivity contribution in [2.45, 2.75) is 31.7 Å². The fourth-order valence-corrected chi connectivity index (χ4v) is 3.24. The summed E-state index contributed by atoms with van der Waals surface area (Å²) in [6.45, 7) is 3.25. The normalized spacial score (nSPS) is 17.0. The highest BCUT2D eigenvalue weighted by molar-refractivity contribution is 5.77. The van der Waals surface area contributed by atoms with E-state index in [9.17, 15) is 4.79 Å². The zero-order valence-corrected chi connectivity index (χ0v) is 14.3. The third kappa shape index (κ3) is 3.69. The van der Waals surface area contributed by atoms with Gasteiger partial charge in [-0.1, -0.05) is 17.3 Å². The molecule has 0 aliphatic carbocycles. The molecule has 7 nitrogen and oxygen atoms in total. The minimum Gasteiger partial charge on any atom is -0.468 e. The Balaban J connectivity index is 1.74. The first-order valence-electron chi connectivity index (χ1n) is 8.24. The van der Waals surface area contributed by atoms with Crippen LogP contribution < -0.4 is 0 Å². The summed E-state index contributed by atoms with van der Waals surface area (Å²) < 4.78 is 10.1. The molecular formula is C18H20N4O3. The minimum atomic E-state index is -0.467. The number of likely N-dealkylation sites (tertiary alicyclic amines) is 1. The van der Waals surface area contributed by atoms with Gasteiger partial charge in [-0.15, -0.1) is 0 Å². The summed E-state index contributed by atoms with van der Waals surface area (Å²) in [4.78, 5) is 18.8. The van der Waals surface area contributed by atoms with E-state index >= 15 is 0 Å². The van der Waals surface area contributed by atoms with Crippen molar-refractivity contribution in [3.8, 4) is 6.07 Å². The smallest absolute Gasteiger partial charge is 0.327 e. The van der Waals surface area contributed by atoms with Crippen LogP contribution >= 0.6 is 0 Å². The van der Waals surface area contributed by atoms with E-state index in [0.717, 1.165) is 37.3 Å². The van der Waals surface area contributed by atoms with Crippen LogP contribution in [0.5, 0.6) is 0 Å². The molecule has 1 aromatic carbocycles. The zero-order chi connectivity index (χ0) is 17.8. The third-order valence-electron chi connectivity index (χ3n) is 4.58. The minimum absolute atomic E-state index is 0.243. The van der Waals surface area contributed by atoms with E-state index in [1.54, 1.807) is 19.1 Å². The number of aromatic nitrogens is 2. The molecule has 1 aromatic heterocycles. The van der Waals surface area contributed by atoms with Gasteiger partial charge >= 0.3 is 5.97 Å². The average molecular weight is 340 g/mol. The molecule has 0 N–H and O–H groups in total. The lowest BCUT2D eigenvalue weighted by Crippen LogP contribution is -2.40. The fourth-order valence-electron chi connectivity index (χ4n) is 3.24. The largest absolute Gasteiger partial charge is 0.468 e. The predicted octanol–water partition coefficient (Wildman–Crippen LogP) is 2.34. The molecule has 25 heavy (non-hydrogen) atoms. The number of rotatable bonds is 4. The molecule has 7 heteroatoms. The number of piperidine rings is 1. The van der Waals surface area contributed by atoms with Gasteiger partial charge in [0.15, 0.2) is 5.82 Å². The maximum atomic E-state index is 12.4. The number of nitriles is 1. The number of carbonyl (C=O) groups excluding carboxylic acids is 1. The van der Waals surface area contributed by atoms with Gasteiger partial charge in [0, 0.05) is 12.8 Å². The highest BCUT2D eigenvalue weighted by Gasteiger charge is 2.33. The molecule has 0 spiro atoms. The average Bonchev–Trinajstić information content (AvgIpc) is 3.09. The standard InChI is InChI=1S/C18H20N4O3/c1-12-20-17(21-25-12)15-7-9-22(10-8-15)16(18(23)24-2)14-5-3-13(11-19)4-6-14/h3-6,15-16H,7-10H2,1-2H3/t16-/m1/s1. The molecule has 0 bridgehead atoms. The van der Waals surface area contributed by atoms with Crippen LogP contribution in [-0.2, 0) is 9.53 Å². The number of benzene rings is 1. The molecule has 1 atom stereocenters. The molecule has 1 aliphatic rings. The molecule has 0 saturated carbocycles. The molecular weight excluding hydrogens is 320 g/mol. The molecule has 0 radical (unpaired) electrons. The fraction of sp³-hybridized carbons (Fsp3) is 0.444. The van der Waals surface area contributed by atoms with Crippen molar-refractivity contribution in [1.82, 2.24) is 15.0 Å². The van der Waals surface area contributed by atoms with Gasteiger partial charge in [-0.25, -0.2) is 4.79 Å². The van der Waals surface area contributed by atoms with Crippen molar-refractivity contribution in [2.24, 2.45) is 0 Å². The Bertz CT molecular complexity index is 770. The Hall–Kier alpha value is -2.72. The van der Waals surface area contributed by atoms with Crippen molar-refractivity contribution in [3.63, 3.8) is 0 Å². The first-order valence-corrected chi connectivity index (χ1v) is 8.24. The lowest BCUT2D eigenvalue weighted by Gasteiger charge is -2.35. The van der Waals surface area contributed by atoms with Crippen molar-refractivity contribution >= 4 is 5.97 Å². The number of hydrogen-bond acceptors (Lipinski definition) is 7. The quantitative estimate of drug-likeness (QED) is 0.789. The van der Waals surface area contributed by atoms with Crippen LogP contribution in [0, 0.1) is 18.3 Å². The van der Waals surface area contributed by atoms with Crippen LogP contribution in [0.25, 0.3) is 0 Å². The molecule has 2 aromatic rings. The summed E-state index contributed by atoms with van der Waals surface area (Å²) in [6.07, 6.45) is 1.70. The van der Waals surface area contributed by atoms with Crippen LogP contribution in [0.4, 0.5) is 0 Å². The summed E-state index contributed by atoms with van der Waals surface area (Å²) in [5.74, 6) is 1.26. The molecule has 1 aliphatic heterocycles. The Labute approximate surface area is 146 Å². The molecule has 0 unspecified atom stereocenters. The number of aryl methyl sites for hydroxylation is 1. The maximum absolute atomic E-state index is 12.4. The Morgan fingerprint density at radius 2 is 2.04 bits per heavy atom. The Morgan fingerprint density at radius 3 is 2.56 bits per heavy atom. The third-order valence-corrected chi connectivity index (χ3v) is 4.58. The first kappa shape index (κ1) is 17.1. The topological polar surface area (TPSA) is 92.2 Å². The second-order valence-corrected chi connectivity index (χ2v) is 6.14. The number of esters is 1. The van der Waals surface area contributed by atoms with Gasteiger partial charge in [0.2, 0.25) is 5.89 Å². The van der Waals surface area contributed by atoms with Gasteiger partial charge in [-0.3, -0.25) is 4.90 Å². The summed E-state index contributed by atoms with van der Waals surface area (Å²) in [5.41, 5.74) is 1.40. The zero-order valence-electron chi connectivity index (χ0n) is 14.3. The summed E-state index contributed by atoms with van der Waals surface area (Å²) >= 11 is 0. The van der Waals surface area contributed by atoms with E-state index in [2.05, 4.69) is 21.1 Å². The number of ether oxygens (including phenoxy) is 1. The molecule has 3 rings (SSSR count). The van der Waals surface area contributed by atoms with Gasteiger partial charge in [0.25, 0.3) is 0 Å². The van der Waals surface area contributed by atoms with Gasteiger partial charge in [-0.2, -0.15) is 10.2 Å². The lowest BCUT2D eigenvalue weighted by atomic mass is 9.93. The van der Waals surface area contributed by atoms with Crippen molar-refractivity contribution in [3.05, 3.63) is 47.1 Å². The van der Waals surface area contributed by atoms with Gasteiger partial charge < -0.3 is 9.26 Å². The summed E-state index contributed by atoms with van der Waals surface area (Å²) in [7, 11) is 1.40. The molecule has 0 amide bonds. The van der Waals surface area contributed by atoms with Crippen LogP contribution in [-0.4, -0.2) is 41.2 Å². The van der Waals surface area contributed by atoms with Crippen molar-refractivity contribution in [1.29, 1.82) is 5.26 Å². The molecule has 130 valence electrons. The van der Waals surface area contributed by atoms with E-state index in [4.69, 9.17) is 14.5 Å². The summed E-state index contributed by atoms with van der Waals surface area (Å²) in [6, 6.07) is 8.70. The van der Waals surface area contributed by atoms with Gasteiger partial charge in [0.1, 0.15) is 6.04 Å². The van der Waals surface area contributed by atoms with Gasteiger partial charge in [0.05, 0.1) is 18.7 Å². The van der Waals surface area contributed by atoms with Crippen molar-refractivity contribution < 1.29 is 14.1 Å². The number of nitrogens with zero attached hydrogens (tertiary/aromatic N) is 4.